The van der Waals surface area contributed by atoms with Crippen LogP contribution in [0.3, 0.4) is 0 Å². The second kappa shape index (κ2) is 5.32. The molecule has 0 aliphatic carbocycles. The predicted octanol–water partition coefficient (Wildman–Crippen LogP) is 2.88. The van der Waals surface area contributed by atoms with Crippen LogP contribution in [-0.2, 0) is 6.42 Å². The largest absolute Gasteiger partial charge is 0.241 e. The third-order valence-corrected chi connectivity index (χ3v) is 2.38. The van der Waals surface area contributed by atoms with Gasteiger partial charge in [0.15, 0.2) is 11.6 Å². The number of nitrogens with zero attached hydrogens (tertiary/aromatic N) is 3. The standard InChI is InChI=1S/C13H9F2N3/c14-10-4-3-9(8-11(10)15)12-5-7-17-13(18-12)2-1-6-16/h3-5,7-8H,1-2H2. The predicted molar refractivity (Wildman–Crippen MR) is 61.3 cm³/mol. The monoisotopic (exact) mass is 245 g/mol. The summed E-state index contributed by atoms with van der Waals surface area (Å²) in [4.78, 5) is 8.21. The van der Waals surface area contributed by atoms with E-state index in [9.17, 15) is 8.78 Å². The second-order valence-corrected chi connectivity index (χ2v) is 3.65. The Bertz CT molecular complexity index is 605. The normalized spacial score (nSPS) is 10.1. The summed E-state index contributed by atoms with van der Waals surface area (Å²) < 4.78 is 25.9. The van der Waals surface area contributed by atoms with Crippen molar-refractivity contribution in [3.63, 3.8) is 0 Å². The van der Waals surface area contributed by atoms with Crippen LogP contribution in [-0.4, -0.2) is 9.97 Å². The van der Waals surface area contributed by atoms with Gasteiger partial charge in [-0.2, -0.15) is 5.26 Å². The number of nitriles is 1. The Balaban J connectivity index is 2.32. The van der Waals surface area contributed by atoms with Gasteiger partial charge in [0.2, 0.25) is 0 Å². The Kier molecular flexibility index (Phi) is 3.58. The Labute approximate surface area is 103 Å². The van der Waals surface area contributed by atoms with Gasteiger partial charge in [0, 0.05) is 24.6 Å². The van der Waals surface area contributed by atoms with Crippen molar-refractivity contribution in [1.82, 2.24) is 9.97 Å². The molecule has 0 radical (unpaired) electrons. The fourth-order valence-corrected chi connectivity index (χ4v) is 1.50. The Morgan fingerprint density at radius 1 is 1.17 bits per heavy atom. The summed E-state index contributed by atoms with van der Waals surface area (Å²) in [5, 5.41) is 8.48. The van der Waals surface area contributed by atoms with E-state index in [2.05, 4.69) is 9.97 Å². The van der Waals surface area contributed by atoms with Crippen LogP contribution in [0, 0.1) is 23.0 Å². The van der Waals surface area contributed by atoms with Crippen LogP contribution in [0.25, 0.3) is 11.3 Å². The summed E-state index contributed by atoms with van der Waals surface area (Å²) >= 11 is 0. The van der Waals surface area contributed by atoms with E-state index in [1.54, 1.807) is 6.07 Å². The maximum atomic E-state index is 13.1. The quantitative estimate of drug-likeness (QED) is 0.835. The van der Waals surface area contributed by atoms with E-state index in [0.29, 0.717) is 29.9 Å². The van der Waals surface area contributed by atoms with E-state index in [1.165, 1.54) is 12.3 Å². The van der Waals surface area contributed by atoms with Crippen molar-refractivity contribution < 1.29 is 8.78 Å². The average Bonchev–Trinajstić information content (AvgIpc) is 2.40. The van der Waals surface area contributed by atoms with Crippen molar-refractivity contribution in [2.75, 3.05) is 0 Å². The molecule has 0 aliphatic rings. The van der Waals surface area contributed by atoms with Gasteiger partial charge in [-0.05, 0) is 24.3 Å². The summed E-state index contributed by atoms with van der Waals surface area (Å²) in [7, 11) is 0. The Hall–Kier alpha value is -2.35. The van der Waals surface area contributed by atoms with E-state index in [4.69, 9.17) is 5.26 Å². The minimum absolute atomic E-state index is 0.321. The van der Waals surface area contributed by atoms with Gasteiger partial charge in [-0.3, -0.25) is 0 Å². The molecule has 0 spiro atoms. The lowest BCUT2D eigenvalue weighted by Crippen LogP contribution is -1.96. The van der Waals surface area contributed by atoms with Gasteiger partial charge in [0.25, 0.3) is 0 Å². The van der Waals surface area contributed by atoms with Crippen molar-refractivity contribution in [3.05, 3.63) is 47.9 Å². The highest BCUT2D eigenvalue weighted by Crippen LogP contribution is 2.19. The summed E-state index contributed by atoms with van der Waals surface area (Å²) in [6.45, 7) is 0. The topological polar surface area (TPSA) is 49.6 Å². The molecule has 0 saturated carbocycles. The molecule has 0 unspecified atom stereocenters. The van der Waals surface area contributed by atoms with Gasteiger partial charge in [0.05, 0.1) is 11.8 Å². The van der Waals surface area contributed by atoms with Crippen LogP contribution in [0.15, 0.2) is 30.5 Å². The summed E-state index contributed by atoms with van der Waals surface area (Å²) in [5.74, 6) is -1.29. The molecule has 18 heavy (non-hydrogen) atoms. The fraction of sp³-hybridized carbons (Fsp3) is 0.154. The average molecular weight is 245 g/mol. The molecule has 3 nitrogen and oxygen atoms in total. The van der Waals surface area contributed by atoms with Crippen LogP contribution in [0.5, 0.6) is 0 Å². The first-order valence-corrected chi connectivity index (χ1v) is 5.35. The number of aromatic nitrogens is 2. The van der Waals surface area contributed by atoms with Gasteiger partial charge >= 0.3 is 0 Å². The smallest absolute Gasteiger partial charge is 0.159 e. The lowest BCUT2D eigenvalue weighted by atomic mass is 10.1. The number of benzene rings is 1. The maximum Gasteiger partial charge on any atom is 0.159 e. The molecule has 1 aromatic carbocycles. The number of aryl methyl sites for hydroxylation is 1. The van der Waals surface area contributed by atoms with Gasteiger partial charge in [-0.1, -0.05) is 0 Å². The lowest BCUT2D eigenvalue weighted by molar-refractivity contribution is 0.509. The van der Waals surface area contributed by atoms with Gasteiger partial charge in [-0.15, -0.1) is 0 Å². The van der Waals surface area contributed by atoms with Crippen molar-refractivity contribution in [1.29, 1.82) is 5.26 Å². The molecule has 0 bridgehead atoms. The highest BCUT2D eigenvalue weighted by atomic mass is 19.2. The van der Waals surface area contributed by atoms with Crippen LogP contribution >= 0.6 is 0 Å². The molecule has 1 aromatic heterocycles. The van der Waals surface area contributed by atoms with Crippen LogP contribution < -0.4 is 0 Å². The van der Waals surface area contributed by atoms with Gasteiger partial charge < -0.3 is 0 Å². The van der Waals surface area contributed by atoms with E-state index < -0.39 is 11.6 Å². The lowest BCUT2D eigenvalue weighted by Gasteiger charge is -2.03. The first-order valence-electron chi connectivity index (χ1n) is 5.35. The van der Waals surface area contributed by atoms with E-state index in [1.807, 2.05) is 6.07 Å². The highest BCUT2D eigenvalue weighted by molar-refractivity contribution is 5.58. The summed E-state index contributed by atoms with van der Waals surface area (Å²) in [5.41, 5.74) is 0.992. The van der Waals surface area contributed by atoms with Crippen molar-refractivity contribution >= 4 is 0 Å². The first kappa shape index (κ1) is 12.1. The Morgan fingerprint density at radius 3 is 2.72 bits per heavy atom. The number of hydrogen-bond donors (Lipinski definition) is 0. The molecule has 0 amide bonds. The zero-order valence-corrected chi connectivity index (χ0v) is 9.40. The van der Waals surface area contributed by atoms with Gasteiger partial charge in [-0.25, -0.2) is 18.7 Å². The zero-order chi connectivity index (χ0) is 13.0. The minimum atomic E-state index is -0.912. The fourth-order valence-electron chi connectivity index (χ4n) is 1.50. The second-order valence-electron chi connectivity index (χ2n) is 3.65. The first-order chi connectivity index (χ1) is 8.70. The van der Waals surface area contributed by atoms with E-state index in [-0.39, 0.29) is 0 Å². The molecule has 2 aromatic rings. The Morgan fingerprint density at radius 2 is 2.00 bits per heavy atom. The van der Waals surface area contributed by atoms with Crippen molar-refractivity contribution in [3.8, 4) is 17.3 Å². The van der Waals surface area contributed by atoms with Crippen molar-refractivity contribution in [2.24, 2.45) is 0 Å². The molecule has 0 saturated heterocycles. The number of halogens is 2. The molecule has 0 fully saturated rings. The highest BCUT2D eigenvalue weighted by Gasteiger charge is 2.06. The van der Waals surface area contributed by atoms with Crippen LogP contribution in [0.4, 0.5) is 8.78 Å². The van der Waals surface area contributed by atoms with E-state index >= 15 is 0 Å². The van der Waals surface area contributed by atoms with E-state index in [0.717, 1.165) is 12.1 Å². The SMILES string of the molecule is N#CCCc1nccc(-c2ccc(F)c(F)c2)n1. The molecule has 90 valence electrons. The third kappa shape index (κ3) is 2.66. The summed E-state index contributed by atoms with van der Waals surface area (Å²) in [6.07, 6.45) is 2.30. The van der Waals surface area contributed by atoms with Gasteiger partial charge in [0.1, 0.15) is 5.82 Å². The zero-order valence-electron chi connectivity index (χ0n) is 9.40. The molecule has 5 heteroatoms. The van der Waals surface area contributed by atoms with Crippen molar-refractivity contribution in [2.45, 2.75) is 12.8 Å². The minimum Gasteiger partial charge on any atom is -0.241 e. The maximum absolute atomic E-state index is 13.1. The molecule has 2 rings (SSSR count). The van der Waals surface area contributed by atoms with Crippen LogP contribution in [0.1, 0.15) is 12.2 Å². The molecule has 1 heterocycles. The van der Waals surface area contributed by atoms with Crippen LogP contribution in [0.2, 0.25) is 0 Å². The number of rotatable bonds is 3. The number of hydrogen-bond acceptors (Lipinski definition) is 3. The molecule has 0 atom stereocenters. The molecule has 0 aliphatic heterocycles. The molecule has 0 N–H and O–H groups in total. The molecular formula is C13H9F2N3. The summed E-state index contributed by atoms with van der Waals surface area (Å²) in [6, 6.07) is 7.22. The molecular weight excluding hydrogens is 236 g/mol. The third-order valence-electron chi connectivity index (χ3n) is 2.38.